The Bertz CT molecular complexity index is 939. The summed E-state index contributed by atoms with van der Waals surface area (Å²) in [6, 6.07) is 8.64. The molecule has 4 heterocycles. The maximum absolute atomic E-state index is 12.3. The van der Waals surface area contributed by atoms with E-state index in [0.717, 1.165) is 6.42 Å². The summed E-state index contributed by atoms with van der Waals surface area (Å²) < 4.78 is 16.1. The molecule has 0 aromatic carbocycles. The van der Waals surface area contributed by atoms with Crippen molar-refractivity contribution < 1.29 is 23.9 Å². The second-order valence-corrected chi connectivity index (χ2v) is 6.54. The van der Waals surface area contributed by atoms with Crippen LogP contribution in [0.5, 0.6) is 5.88 Å². The van der Waals surface area contributed by atoms with Crippen LogP contribution >= 0.6 is 0 Å². The Morgan fingerprint density at radius 1 is 1.31 bits per heavy atom. The second-order valence-electron chi connectivity index (χ2n) is 6.54. The molecule has 4 rings (SSSR count). The third kappa shape index (κ3) is 4.41. The summed E-state index contributed by atoms with van der Waals surface area (Å²) in [5.41, 5.74) is 2.06. The minimum absolute atomic E-state index is 0.0239. The van der Waals surface area contributed by atoms with Gasteiger partial charge < -0.3 is 24.4 Å². The summed E-state index contributed by atoms with van der Waals surface area (Å²) in [6.45, 7) is 0.865. The Labute approximate surface area is 166 Å². The average Bonchev–Trinajstić information content (AvgIpc) is 3.45. The molecule has 0 spiro atoms. The number of aliphatic hydroxyl groups is 1. The van der Waals surface area contributed by atoms with Crippen molar-refractivity contribution in [2.45, 2.75) is 18.6 Å². The van der Waals surface area contributed by atoms with Gasteiger partial charge in [0.15, 0.2) is 6.10 Å². The minimum Gasteiger partial charge on any atom is -0.467 e. The smallest absolute Gasteiger partial charge is 0.253 e. The second kappa shape index (κ2) is 8.80. The summed E-state index contributed by atoms with van der Waals surface area (Å²) >= 11 is 0. The number of nitrogens with zero attached hydrogens (tertiary/aromatic N) is 3. The van der Waals surface area contributed by atoms with E-state index in [9.17, 15) is 9.90 Å². The van der Waals surface area contributed by atoms with Crippen LogP contribution in [0.4, 0.5) is 0 Å². The van der Waals surface area contributed by atoms with Crippen molar-refractivity contribution in [3.05, 3.63) is 60.1 Å². The molecular formula is C20H20N4O5. The van der Waals surface area contributed by atoms with E-state index in [1.807, 2.05) is 6.07 Å². The zero-order valence-corrected chi connectivity index (χ0v) is 15.5. The van der Waals surface area contributed by atoms with Gasteiger partial charge in [0.25, 0.3) is 5.91 Å². The third-order valence-corrected chi connectivity index (χ3v) is 4.54. The maximum Gasteiger partial charge on any atom is 0.253 e. The quantitative estimate of drug-likeness (QED) is 0.620. The topological polar surface area (TPSA) is 120 Å². The molecule has 1 fully saturated rings. The molecule has 9 heteroatoms. The van der Waals surface area contributed by atoms with E-state index in [1.54, 1.807) is 30.5 Å². The maximum atomic E-state index is 12.3. The van der Waals surface area contributed by atoms with E-state index < -0.39 is 6.10 Å². The van der Waals surface area contributed by atoms with Gasteiger partial charge in [0.1, 0.15) is 12.0 Å². The largest absolute Gasteiger partial charge is 0.467 e. The zero-order chi connectivity index (χ0) is 20.1. The van der Waals surface area contributed by atoms with Crippen LogP contribution in [-0.2, 0) is 4.74 Å². The zero-order valence-electron chi connectivity index (χ0n) is 15.5. The number of aromatic nitrogens is 3. The normalized spacial score (nSPS) is 17.1. The van der Waals surface area contributed by atoms with Crippen molar-refractivity contribution in [3.8, 4) is 17.3 Å². The fourth-order valence-corrected chi connectivity index (χ4v) is 3.02. The summed E-state index contributed by atoms with van der Waals surface area (Å²) in [5.74, 6) is 0.0488. The Morgan fingerprint density at radius 2 is 2.24 bits per heavy atom. The van der Waals surface area contributed by atoms with Gasteiger partial charge in [-0.05, 0) is 24.6 Å². The molecule has 1 unspecified atom stereocenters. The molecule has 0 bridgehead atoms. The highest BCUT2D eigenvalue weighted by Crippen LogP contribution is 2.28. The van der Waals surface area contributed by atoms with E-state index in [4.69, 9.17) is 14.0 Å². The van der Waals surface area contributed by atoms with Crippen LogP contribution in [0, 0.1) is 0 Å². The minimum atomic E-state index is -0.749. The summed E-state index contributed by atoms with van der Waals surface area (Å²) in [5, 5.41) is 16.7. The van der Waals surface area contributed by atoms with E-state index in [1.165, 1.54) is 12.5 Å². The molecule has 29 heavy (non-hydrogen) atoms. The van der Waals surface area contributed by atoms with Crippen molar-refractivity contribution in [3.63, 3.8) is 0 Å². The first-order chi connectivity index (χ1) is 14.2. The van der Waals surface area contributed by atoms with Crippen LogP contribution in [0.25, 0.3) is 11.4 Å². The van der Waals surface area contributed by atoms with Crippen molar-refractivity contribution in [1.82, 2.24) is 20.4 Å². The molecule has 150 valence electrons. The number of ether oxygens (including phenoxy) is 2. The number of rotatable bonds is 7. The Hall–Kier alpha value is -3.30. The molecule has 9 nitrogen and oxygen atoms in total. The number of amides is 1. The standard InChI is InChI=1S/C20H20N4O5/c25-10-17(15-12-28-24-19(15)16-3-1-2-7-21-16)29-18-5-4-13(9-22-18)20(26)23-14-6-8-27-11-14/h1-5,7,9,12,14,17,25H,6,8,10-11H2,(H,23,26)/t14?,17-/m1/s1. The number of nitrogens with one attached hydrogen (secondary N) is 1. The fourth-order valence-electron chi connectivity index (χ4n) is 3.02. The monoisotopic (exact) mass is 396 g/mol. The predicted octanol–water partition coefficient (Wildman–Crippen LogP) is 1.76. The van der Waals surface area contributed by atoms with E-state index in [2.05, 4.69) is 20.4 Å². The fraction of sp³-hybridized carbons (Fsp3) is 0.300. The molecule has 3 aromatic rings. The van der Waals surface area contributed by atoms with Crippen LogP contribution in [0.2, 0.25) is 0 Å². The number of carbonyl (C=O) groups is 1. The van der Waals surface area contributed by atoms with Crippen LogP contribution in [0.15, 0.2) is 53.5 Å². The highest BCUT2D eigenvalue weighted by molar-refractivity contribution is 5.94. The average molecular weight is 396 g/mol. The van der Waals surface area contributed by atoms with Gasteiger partial charge in [0.05, 0.1) is 36.1 Å². The van der Waals surface area contributed by atoms with Crippen molar-refractivity contribution in [2.24, 2.45) is 0 Å². The van der Waals surface area contributed by atoms with Crippen LogP contribution in [0.1, 0.15) is 28.4 Å². The lowest BCUT2D eigenvalue weighted by atomic mass is 10.1. The molecule has 0 saturated carbocycles. The van der Waals surface area contributed by atoms with Gasteiger partial charge in [-0.25, -0.2) is 4.98 Å². The first-order valence-corrected chi connectivity index (χ1v) is 9.22. The molecule has 2 atom stereocenters. The number of aliphatic hydroxyl groups excluding tert-OH is 1. The lowest BCUT2D eigenvalue weighted by molar-refractivity contribution is 0.0928. The SMILES string of the molecule is O=C(NC1CCOC1)c1ccc(O[C@H](CO)c2conc2-c2ccccn2)nc1. The summed E-state index contributed by atoms with van der Waals surface area (Å²) in [6.07, 6.45) is 4.54. The van der Waals surface area contributed by atoms with Gasteiger partial charge in [-0.2, -0.15) is 0 Å². The summed E-state index contributed by atoms with van der Waals surface area (Å²) in [7, 11) is 0. The van der Waals surface area contributed by atoms with Crippen LogP contribution < -0.4 is 10.1 Å². The van der Waals surface area contributed by atoms with E-state index in [0.29, 0.717) is 35.7 Å². The van der Waals surface area contributed by atoms with Gasteiger partial charge in [-0.3, -0.25) is 9.78 Å². The molecule has 2 N–H and O–H groups in total. The van der Waals surface area contributed by atoms with Crippen molar-refractivity contribution in [1.29, 1.82) is 0 Å². The molecule has 0 radical (unpaired) electrons. The molecule has 1 amide bonds. The lowest BCUT2D eigenvalue weighted by Crippen LogP contribution is -2.35. The molecule has 3 aromatic heterocycles. The van der Waals surface area contributed by atoms with Gasteiger partial charge >= 0.3 is 0 Å². The van der Waals surface area contributed by atoms with Gasteiger partial charge in [-0.15, -0.1) is 0 Å². The molecular weight excluding hydrogens is 376 g/mol. The molecule has 1 saturated heterocycles. The first kappa shape index (κ1) is 19.0. The predicted molar refractivity (Wildman–Crippen MR) is 101 cm³/mol. The van der Waals surface area contributed by atoms with Gasteiger partial charge in [0.2, 0.25) is 5.88 Å². The highest BCUT2D eigenvalue weighted by atomic mass is 16.5. The lowest BCUT2D eigenvalue weighted by Gasteiger charge is -2.16. The summed E-state index contributed by atoms with van der Waals surface area (Å²) in [4.78, 5) is 20.7. The molecule has 1 aliphatic rings. The van der Waals surface area contributed by atoms with Crippen molar-refractivity contribution >= 4 is 5.91 Å². The van der Waals surface area contributed by atoms with Gasteiger partial charge in [-0.1, -0.05) is 11.2 Å². The number of hydrogen-bond donors (Lipinski definition) is 2. The Balaban J connectivity index is 1.45. The molecule has 1 aliphatic heterocycles. The first-order valence-electron chi connectivity index (χ1n) is 9.22. The number of hydrogen-bond acceptors (Lipinski definition) is 8. The van der Waals surface area contributed by atoms with E-state index in [-0.39, 0.29) is 24.4 Å². The Kier molecular flexibility index (Phi) is 5.78. The van der Waals surface area contributed by atoms with E-state index >= 15 is 0 Å². The third-order valence-electron chi connectivity index (χ3n) is 4.54. The van der Waals surface area contributed by atoms with Crippen molar-refractivity contribution in [2.75, 3.05) is 19.8 Å². The van der Waals surface area contributed by atoms with Gasteiger partial charge in [0, 0.05) is 25.1 Å². The number of pyridine rings is 2. The van der Waals surface area contributed by atoms with Crippen LogP contribution in [0.3, 0.4) is 0 Å². The van der Waals surface area contributed by atoms with Crippen LogP contribution in [-0.4, -0.2) is 52.0 Å². The highest BCUT2D eigenvalue weighted by Gasteiger charge is 2.23. The molecule has 0 aliphatic carbocycles. The Morgan fingerprint density at radius 3 is 2.93 bits per heavy atom. The number of carbonyl (C=O) groups excluding carboxylic acids is 1.